The van der Waals surface area contributed by atoms with Crippen LogP contribution in [0.15, 0.2) is 27.1 Å². The van der Waals surface area contributed by atoms with Gasteiger partial charge in [-0.3, -0.25) is 0 Å². The lowest BCUT2D eigenvalue weighted by molar-refractivity contribution is 0.448. The Morgan fingerprint density at radius 2 is 2.11 bits per heavy atom. The van der Waals surface area contributed by atoms with Gasteiger partial charge in [0.25, 0.3) is 0 Å². The van der Waals surface area contributed by atoms with Crippen LogP contribution < -0.4 is 5.32 Å². The van der Waals surface area contributed by atoms with Crippen LogP contribution in [0, 0.1) is 19.7 Å². The number of aryl methyl sites for hydroxylation is 2. The van der Waals surface area contributed by atoms with Crippen LogP contribution in [-0.4, -0.2) is 4.98 Å². The van der Waals surface area contributed by atoms with Crippen LogP contribution in [0.5, 0.6) is 0 Å². The summed E-state index contributed by atoms with van der Waals surface area (Å²) in [7, 11) is 0. The molecule has 1 N–H and O–H groups in total. The van der Waals surface area contributed by atoms with E-state index in [0.29, 0.717) is 23.5 Å². The van der Waals surface area contributed by atoms with Crippen LogP contribution in [-0.2, 0) is 13.1 Å². The number of hydrogen-bond acceptors (Lipinski definition) is 3. The number of halogens is 2. The molecule has 0 radical (unpaired) electrons. The van der Waals surface area contributed by atoms with Gasteiger partial charge in [-0.05, 0) is 41.4 Å². The van der Waals surface area contributed by atoms with Crippen molar-refractivity contribution in [3.05, 3.63) is 51.4 Å². The van der Waals surface area contributed by atoms with E-state index >= 15 is 0 Å². The van der Waals surface area contributed by atoms with Crippen LogP contribution in [0.4, 0.5) is 4.39 Å². The molecule has 0 saturated carbocycles. The minimum absolute atomic E-state index is 0.253. The fourth-order valence-electron chi connectivity index (χ4n) is 1.60. The van der Waals surface area contributed by atoms with Gasteiger partial charge in [-0.25, -0.2) is 9.37 Å². The zero-order valence-electron chi connectivity index (χ0n) is 10.3. The molecule has 0 aliphatic rings. The van der Waals surface area contributed by atoms with Crippen molar-refractivity contribution in [1.29, 1.82) is 0 Å². The lowest BCUT2D eigenvalue weighted by Crippen LogP contribution is -2.13. The predicted octanol–water partition coefficient (Wildman–Crippen LogP) is 3.48. The van der Waals surface area contributed by atoms with Crippen LogP contribution in [0.25, 0.3) is 0 Å². The Labute approximate surface area is 114 Å². The topological polar surface area (TPSA) is 38.1 Å². The third kappa shape index (κ3) is 2.97. The number of nitrogens with one attached hydrogen (secondary N) is 1. The Hall–Kier alpha value is -1.20. The summed E-state index contributed by atoms with van der Waals surface area (Å²) in [5.74, 6) is 1.23. The van der Waals surface area contributed by atoms with E-state index in [-0.39, 0.29) is 5.82 Å². The summed E-state index contributed by atoms with van der Waals surface area (Å²) >= 11 is 3.23. The molecule has 0 amide bonds. The summed E-state index contributed by atoms with van der Waals surface area (Å²) in [4.78, 5) is 4.27. The molecule has 0 aliphatic heterocycles. The van der Waals surface area contributed by atoms with Crippen molar-refractivity contribution >= 4 is 15.9 Å². The lowest BCUT2D eigenvalue weighted by atomic mass is 10.2. The highest BCUT2D eigenvalue weighted by atomic mass is 79.9. The molecule has 0 atom stereocenters. The third-order valence-corrected chi connectivity index (χ3v) is 3.58. The van der Waals surface area contributed by atoms with Gasteiger partial charge in [-0.1, -0.05) is 12.1 Å². The van der Waals surface area contributed by atoms with Gasteiger partial charge in [0.1, 0.15) is 11.6 Å². The van der Waals surface area contributed by atoms with Crippen molar-refractivity contribution in [2.24, 2.45) is 0 Å². The van der Waals surface area contributed by atoms with Crippen LogP contribution >= 0.6 is 15.9 Å². The highest BCUT2D eigenvalue weighted by Crippen LogP contribution is 2.20. The van der Waals surface area contributed by atoms with Gasteiger partial charge >= 0.3 is 0 Å². The molecule has 0 fully saturated rings. The second kappa shape index (κ2) is 5.63. The minimum Gasteiger partial charge on any atom is -0.444 e. The van der Waals surface area contributed by atoms with Crippen LogP contribution in [0.2, 0.25) is 0 Å². The van der Waals surface area contributed by atoms with Gasteiger partial charge in [0.15, 0.2) is 0 Å². The second-order valence-electron chi connectivity index (χ2n) is 4.07. The molecule has 3 nitrogen and oxygen atoms in total. The van der Waals surface area contributed by atoms with E-state index < -0.39 is 0 Å². The maximum atomic E-state index is 13.3. The molecule has 2 aromatic rings. The van der Waals surface area contributed by atoms with Gasteiger partial charge in [0.2, 0.25) is 5.89 Å². The molecule has 0 saturated heterocycles. The minimum atomic E-state index is -0.253. The highest BCUT2D eigenvalue weighted by molar-refractivity contribution is 9.10. The van der Waals surface area contributed by atoms with Gasteiger partial charge in [-0.2, -0.15) is 0 Å². The Morgan fingerprint density at radius 1 is 1.33 bits per heavy atom. The van der Waals surface area contributed by atoms with Crippen molar-refractivity contribution in [3.8, 4) is 0 Å². The molecule has 18 heavy (non-hydrogen) atoms. The zero-order valence-corrected chi connectivity index (χ0v) is 11.8. The molecule has 0 bridgehead atoms. The molecule has 1 aromatic heterocycles. The van der Waals surface area contributed by atoms with Gasteiger partial charge in [-0.15, -0.1) is 0 Å². The normalized spacial score (nSPS) is 10.9. The lowest BCUT2D eigenvalue weighted by Gasteiger charge is -2.05. The van der Waals surface area contributed by atoms with E-state index in [1.807, 2.05) is 19.9 Å². The van der Waals surface area contributed by atoms with E-state index in [9.17, 15) is 4.39 Å². The molecule has 5 heteroatoms. The average molecular weight is 313 g/mol. The summed E-state index contributed by atoms with van der Waals surface area (Å²) < 4.78 is 19.2. The Kier molecular flexibility index (Phi) is 4.14. The fourth-order valence-corrected chi connectivity index (χ4v) is 2.01. The number of hydrogen-bond donors (Lipinski definition) is 1. The van der Waals surface area contributed by atoms with Crippen molar-refractivity contribution in [2.45, 2.75) is 26.9 Å². The summed E-state index contributed by atoms with van der Waals surface area (Å²) in [6, 6.07) is 4.98. The standard InChI is InChI=1S/C13H14BrFN2O/c1-8-9(2)18-12(17-8)7-16-6-10-4-3-5-11(15)13(10)14/h3-5,16H,6-7H2,1-2H3. The van der Waals surface area contributed by atoms with E-state index in [4.69, 9.17) is 4.42 Å². The maximum Gasteiger partial charge on any atom is 0.208 e. The first kappa shape index (κ1) is 13.2. The Bertz CT molecular complexity index is 534. The molecule has 0 aliphatic carbocycles. The first-order valence-corrected chi connectivity index (χ1v) is 6.43. The quantitative estimate of drug-likeness (QED) is 0.939. The smallest absolute Gasteiger partial charge is 0.208 e. The Morgan fingerprint density at radius 3 is 2.78 bits per heavy atom. The Balaban J connectivity index is 1.94. The molecular formula is C13H14BrFN2O. The molecule has 96 valence electrons. The van der Waals surface area contributed by atoms with E-state index in [0.717, 1.165) is 17.0 Å². The van der Waals surface area contributed by atoms with E-state index in [1.165, 1.54) is 6.07 Å². The second-order valence-corrected chi connectivity index (χ2v) is 4.86. The summed E-state index contributed by atoms with van der Waals surface area (Å²) in [5, 5.41) is 3.17. The highest BCUT2D eigenvalue weighted by Gasteiger charge is 2.07. The molecule has 0 spiro atoms. The third-order valence-electron chi connectivity index (χ3n) is 2.70. The number of rotatable bonds is 4. The van der Waals surface area contributed by atoms with Crippen LogP contribution in [0.3, 0.4) is 0 Å². The molecular weight excluding hydrogens is 299 g/mol. The SMILES string of the molecule is Cc1nc(CNCc2cccc(F)c2Br)oc1C. The first-order chi connectivity index (χ1) is 8.58. The van der Waals surface area contributed by atoms with Gasteiger partial charge in [0.05, 0.1) is 16.7 Å². The van der Waals surface area contributed by atoms with Crippen molar-refractivity contribution < 1.29 is 8.81 Å². The first-order valence-electron chi connectivity index (χ1n) is 5.64. The monoisotopic (exact) mass is 312 g/mol. The molecule has 1 aromatic carbocycles. The van der Waals surface area contributed by atoms with Crippen LogP contribution in [0.1, 0.15) is 22.9 Å². The van der Waals surface area contributed by atoms with Crippen molar-refractivity contribution in [3.63, 3.8) is 0 Å². The number of oxazole rings is 1. The van der Waals surface area contributed by atoms with E-state index in [2.05, 4.69) is 26.2 Å². The van der Waals surface area contributed by atoms with Gasteiger partial charge < -0.3 is 9.73 Å². The predicted molar refractivity (Wildman–Crippen MR) is 70.6 cm³/mol. The van der Waals surface area contributed by atoms with Crippen molar-refractivity contribution in [2.75, 3.05) is 0 Å². The maximum absolute atomic E-state index is 13.3. The fraction of sp³-hybridized carbons (Fsp3) is 0.308. The summed E-state index contributed by atoms with van der Waals surface area (Å²) in [6.45, 7) is 4.87. The number of nitrogens with zero attached hydrogens (tertiary/aromatic N) is 1. The number of aromatic nitrogens is 1. The summed E-state index contributed by atoms with van der Waals surface area (Å²) in [5.41, 5.74) is 1.77. The molecule has 1 heterocycles. The largest absolute Gasteiger partial charge is 0.444 e. The number of benzene rings is 1. The van der Waals surface area contributed by atoms with E-state index in [1.54, 1.807) is 6.07 Å². The molecule has 0 unspecified atom stereocenters. The average Bonchev–Trinajstić information content (AvgIpc) is 2.64. The molecule has 2 rings (SSSR count). The van der Waals surface area contributed by atoms with Gasteiger partial charge in [0, 0.05) is 6.54 Å². The van der Waals surface area contributed by atoms with Crippen molar-refractivity contribution in [1.82, 2.24) is 10.3 Å². The zero-order chi connectivity index (χ0) is 13.1. The summed E-state index contributed by atoms with van der Waals surface area (Å²) in [6.07, 6.45) is 0.